The van der Waals surface area contributed by atoms with Gasteiger partial charge >= 0.3 is 6.01 Å². The summed E-state index contributed by atoms with van der Waals surface area (Å²) in [6.45, 7) is 12.9. The first-order valence-electron chi connectivity index (χ1n) is 9.88. The fourth-order valence-corrected chi connectivity index (χ4v) is 1.96. The Balaban J connectivity index is 0. The summed E-state index contributed by atoms with van der Waals surface area (Å²) in [6, 6.07) is 0.162. The van der Waals surface area contributed by atoms with Crippen LogP contribution in [0.5, 0.6) is 0 Å². The first kappa shape index (κ1) is 27.2. The number of hydrogen-bond acceptors (Lipinski definition) is 5. The van der Waals surface area contributed by atoms with Crippen molar-refractivity contribution in [3.05, 3.63) is 5.82 Å². The number of aromatic nitrogens is 2. The van der Waals surface area contributed by atoms with Crippen molar-refractivity contribution in [2.75, 3.05) is 5.73 Å². The van der Waals surface area contributed by atoms with Crippen molar-refractivity contribution in [2.24, 2.45) is 23.5 Å². The average molecular weight is 381 g/mol. The zero-order valence-corrected chi connectivity index (χ0v) is 18.1. The van der Waals surface area contributed by atoms with Crippen molar-refractivity contribution >= 4 is 11.9 Å². The summed E-state index contributed by atoms with van der Waals surface area (Å²) in [5.74, 6) is 5.18. The number of nitrogen functional groups attached to an aromatic ring is 1. The third kappa shape index (κ3) is 24.0. The van der Waals surface area contributed by atoms with Crippen molar-refractivity contribution in [1.82, 2.24) is 10.1 Å². The molecule has 6 heteroatoms. The second kappa shape index (κ2) is 17.4. The van der Waals surface area contributed by atoms with Crippen LogP contribution in [-0.2, 0) is 11.2 Å². The van der Waals surface area contributed by atoms with Crippen LogP contribution in [0.1, 0.15) is 85.9 Å². The Kier molecular flexibility index (Phi) is 17.5. The third-order valence-corrected chi connectivity index (χ3v) is 3.40. The first-order chi connectivity index (χ1) is 12.6. The normalized spacial score (nSPS) is 10.1. The lowest BCUT2D eigenvalue weighted by molar-refractivity contribution is -0.118. The zero-order chi connectivity index (χ0) is 21.2. The molecule has 0 fully saturated rings. The van der Waals surface area contributed by atoms with Crippen molar-refractivity contribution in [3.63, 3.8) is 0 Å². The molecular formula is C21H40N4O2. The smallest absolute Gasteiger partial charge is 0.318 e. The van der Waals surface area contributed by atoms with E-state index in [1.165, 1.54) is 6.42 Å². The Bertz CT molecular complexity index is 516. The summed E-state index contributed by atoms with van der Waals surface area (Å²) in [5.41, 5.74) is 10.2. The van der Waals surface area contributed by atoms with Crippen LogP contribution in [0.15, 0.2) is 4.52 Å². The van der Waals surface area contributed by atoms with E-state index in [-0.39, 0.29) is 11.9 Å². The van der Waals surface area contributed by atoms with E-state index in [2.05, 4.69) is 62.1 Å². The minimum absolute atomic E-state index is 0.162. The number of amides is 1. The number of rotatable bonds is 9. The van der Waals surface area contributed by atoms with Crippen LogP contribution in [0, 0.1) is 30.1 Å². The van der Waals surface area contributed by atoms with Gasteiger partial charge in [-0.1, -0.05) is 59.5 Å². The highest BCUT2D eigenvalue weighted by Crippen LogP contribution is 2.08. The molecule has 27 heavy (non-hydrogen) atoms. The number of anilines is 1. The molecule has 0 aliphatic carbocycles. The lowest BCUT2D eigenvalue weighted by atomic mass is 10.1. The van der Waals surface area contributed by atoms with Gasteiger partial charge in [-0.15, -0.1) is 12.3 Å². The Hall–Kier alpha value is -2.03. The van der Waals surface area contributed by atoms with Crippen molar-refractivity contribution in [2.45, 2.75) is 86.5 Å². The molecule has 0 atom stereocenters. The van der Waals surface area contributed by atoms with Gasteiger partial charge in [0.1, 0.15) is 0 Å². The standard InChI is InChI=1S/C8H15N3O.C7H15NO.C6H10/c1-6(2)4-3-5-7-10-8(9)12-11-7;1-6(2)4-3-5-7(8)9;1-4-5-6(2)3/h6H,3-5H2,1-2H3,(H2,9,10,11);6H,3-5H2,1-2H3,(H2,8,9);1,6H,5H2,2-3H3. The van der Waals surface area contributed by atoms with Crippen molar-refractivity contribution in [3.8, 4) is 12.3 Å². The van der Waals surface area contributed by atoms with Gasteiger partial charge in [0.05, 0.1) is 0 Å². The number of primary amides is 1. The zero-order valence-electron chi connectivity index (χ0n) is 18.1. The summed E-state index contributed by atoms with van der Waals surface area (Å²) in [5, 5.41) is 3.70. The van der Waals surface area contributed by atoms with Crippen LogP contribution in [0.25, 0.3) is 0 Å². The van der Waals surface area contributed by atoms with E-state index in [4.69, 9.17) is 17.9 Å². The predicted octanol–water partition coefficient (Wildman–Crippen LogP) is 4.59. The number of carbonyl (C=O) groups excluding carboxylic acids is 1. The third-order valence-electron chi connectivity index (χ3n) is 3.40. The molecule has 0 saturated carbocycles. The summed E-state index contributed by atoms with van der Waals surface area (Å²) in [7, 11) is 0. The molecule has 0 radical (unpaired) electrons. The molecule has 0 saturated heterocycles. The quantitative estimate of drug-likeness (QED) is 0.609. The summed E-state index contributed by atoms with van der Waals surface area (Å²) in [6.07, 6.45) is 11.6. The summed E-state index contributed by atoms with van der Waals surface area (Å²) >= 11 is 0. The Morgan fingerprint density at radius 3 is 1.96 bits per heavy atom. The number of nitrogens with zero attached hydrogens (tertiary/aromatic N) is 2. The van der Waals surface area contributed by atoms with Crippen LogP contribution in [0.3, 0.4) is 0 Å². The van der Waals surface area contributed by atoms with E-state index < -0.39 is 0 Å². The molecular weight excluding hydrogens is 340 g/mol. The van der Waals surface area contributed by atoms with Gasteiger partial charge in [0, 0.05) is 19.3 Å². The van der Waals surface area contributed by atoms with Gasteiger partial charge in [0.25, 0.3) is 0 Å². The van der Waals surface area contributed by atoms with E-state index in [1.54, 1.807) is 0 Å². The van der Waals surface area contributed by atoms with Crippen molar-refractivity contribution in [1.29, 1.82) is 0 Å². The fraction of sp³-hybridized carbons (Fsp3) is 0.762. The van der Waals surface area contributed by atoms with Gasteiger partial charge in [-0.3, -0.25) is 4.79 Å². The number of carbonyl (C=O) groups is 1. The molecule has 6 nitrogen and oxygen atoms in total. The largest absolute Gasteiger partial charge is 0.370 e. The van der Waals surface area contributed by atoms with Crippen LogP contribution in [0.4, 0.5) is 6.01 Å². The second-order valence-electron chi connectivity index (χ2n) is 7.89. The molecule has 0 unspecified atom stereocenters. The Morgan fingerprint density at radius 1 is 1.07 bits per heavy atom. The van der Waals surface area contributed by atoms with Crippen LogP contribution in [-0.4, -0.2) is 16.0 Å². The molecule has 0 aliphatic heterocycles. The molecule has 1 aromatic rings. The summed E-state index contributed by atoms with van der Waals surface area (Å²) in [4.78, 5) is 14.1. The maximum atomic E-state index is 10.2. The van der Waals surface area contributed by atoms with Gasteiger partial charge in [-0.2, -0.15) is 4.98 Å². The highest BCUT2D eigenvalue weighted by Gasteiger charge is 2.02. The van der Waals surface area contributed by atoms with E-state index >= 15 is 0 Å². The van der Waals surface area contributed by atoms with Crippen LogP contribution >= 0.6 is 0 Å². The maximum absolute atomic E-state index is 10.2. The monoisotopic (exact) mass is 380 g/mol. The molecule has 0 bridgehead atoms. The van der Waals surface area contributed by atoms with E-state index in [1.807, 2.05) is 0 Å². The van der Waals surface area contributed by atoms with E-state index in [9.17, 15) is 4.79 Å². The van der Waals surface area contributed by atoms with E-state index in [0.717, 1.165) is 38.0 Å². The number of terminal acetylenes is 1. The van der Waals surface area contributed by atoms with Crippen LogP contribution < -0.4 is 11.5 Å². The van der Waals surface area contributed by atoms with Crippen LogP contribution in [0.2, 0.25) is 0 Å². The molecule has 156 valence electrons. The van der Waals surface area contributed by atoms with Gasteiger partial charge in [-0.25, -0.2) is 0 Å². The fourth-order valence-electron chi connectivity index (χ4n) is 1.96. The van der Waals surface area contributed by atoms with Gasteiger partial charge in [-0.05, 0) is 30.6 Å². The molecule has 1 rings (SSSR count). The van der Waals surface area contributed by atoms with Crippen molar-refractivity contribution < 1.29 is 9.32 Å². The Labute approximate surface area is 165 Å². The van der Waals surface area contributed by atoms with E-state index in [0.29, 0.717) is 24.1 Å². The minimum atomic E-state index is -0.185. The Morgan fingerprint density at radius 2 is 1.63 bits per heavy atom. The molecule has 1 heterocycles. The molecule has 4 N–H and O–H groups in total. The molecule has 1 aromatic heterocycles. The lowest BCUT2D eigenvalue weighted by Gasteiger charge is -2.00. The molecule has 0 aromatic carbocycles. The second-order valence-corrected chi connectivity index (χ2v) is 7.89. The topological polar surface area (TPSA) is 108 Å². The maximum Gasteiger partial charge on any atom is 0.318 e. The highest BCUT2D eigenvalue weighted by molar-refractivity contribution is 5.73. The number of aryl methyl sites for hydroxylation is 1. The molecule has 1 amide bonds. The van der Waals surface area contributed by atoms with Gasteiger partial charge < -0.3 is 16.0 Å². The molecule has 0 aliphatic rings. The van der Waals surface area contributed by atoms with Gasteiger partial charge in [0.2, 0.25) is 5.91 Å². The average Bonchev–Trinajstić information content (AvgIpc) is 2.92. The predicted molar refractivity (Wildman–Crippen MR) is 113 cm³/mol. The SMILES string of the molecule is C#CCC(C)C.CC(C)CCCC(N)=O.CC(C)CCCc1noc(N)n1. The summed E-state index contributed by atoms with van der Waals surface area (Å²) < 4.78 is 4.64. The number of nitrogens with two attached hydrogens (primary N) is 2. The lowest BCUT2D eigenvalue weighted by Crippen LogP contribution is -2.09. The van der Waals surface area contributed by atoms with Gasteiger partial charge in [0.15, 0.2) is 5.82 Å². The minimum Gasteiger partial charge on any atom is -0.370 e. The highest BCUT2D eigenvalue weighted by atomic mass is 16.5. The number of hydrogen-bond donors (Lipinski definition) is 2. The molecule has 0 spiro atoms. The first-order valence-corrected chi connectivity index (χ1v) is 9.88.